The van der Waals surface area contributed by atoms with Crippen molar-refractivity contribution in [3.63, 3.8) is 0 Å². The van der Waals surface area contributed by atoms with Gasteiger partial charge in [0.1, 0.15) is 0 Å². The molecule has 1 aliphatic rings. The van der Waals surface area contributed by atoms with E-state index in [1.54, 1.807) is 11.3 Å². The number of alkyl halides is 1. The molecule has 1 amide bonds. The quantitative estimate of drug-likeness (QED) is 0.787. The van der Waals surface area contributed by atoms with Crippen LogP contribution in [-0.4, -0.2) is 24.1 Å². The highest BCUT2D eigenvalue weighted by Crippen LogP contribution is 2.31. The molecule has 0 spiro atoms. The monoisotopic (exact) mass is 331 g/mol. The molecule has 0 bridgehead atoms. The van der Waals surface area contributed by atoms with Gasteiger partial charge in [0.2, 0.25) is 0 Å². The Labute approximate surface area is 134 Å². The number of aryl methyl sites for hydroxylation is 1. The van der Waals surface area contributed by atoms with Crippen molar-refractivity contribution in [1.29, 1.82) is 0 Å². The number of carbonyl (C=O) groups excluding carboxylic acids is 1. The van der Waals surface area contributed by atoms with Gasteiger partial charge in [0.15, 0.2) is 0 Å². The lowest BCUT2D eigenvalue weighted by molar-refractivity contribution is 0.0938. The summed E-state index contributed by atoms with van der Waals surface area (Å²) in [5, 5.41) is 3.08. The molecular weight excluding hydrogens is 310 g/mol. The van der Waals surface area contributed by atoms with Crippen molar-refractivity contribution in [3.05, 3.63) is 21.4 Å². The third kappa shape index (κ3) is 4.40. The van der Waals surface area contributed by atoms with E-state index in [4.69, 9.17) is 11.6 Å². The number of rotatable bonds is 6. The second kappa shape index (κ2) is 7.19. The Morgan fingerprint density at radius 3 is 3.00 bits per heavy atom. The Bertz CT molecular complexity index is 447. The lowest BCUT2D eigenvalue weighted by Crippen LogP contribution is -2.33. The molecule has 0 saturated heterocycles. The number of carbonyl (C=O) groups is 1. The fourth-order valence-corrected chi connectivity index (χ4v) is 4.72. The van der Waals surface area contributed by atoms with Gasteiger partial charge in [-0.15, -0.1) is 22.9 Å². The Balaban J connectivity index is 1.90. The largest absolute Gasteiger partial charge is 0.351 e. The van der Waals surface area contributed by atoms with Crippen molar-refractivity contribution in [2.75, 3.05) is 18.2 Å². The number of amides is 1. The maximum atomic E-state index is 12.2. The van der Waals surface area contributed by atoms with Crippen LogP contribution in [0.4, 0.5) is 0 Å². The van der Waals surface area contributed by atoms with E-state index in [2.05, 4.69) is 25.2 Å². The van der Waals surface area contributed by atoms with Gasteiger partial charge in [-0.1, -0.05) is 13.8 Å². The number of hydrogen-bond acceptors (Lipinski definition) is 3. The Morgan fingerprint density at radius 1 is 1.50 bits per heavy atom. The minimum Gasteiger partial charge on any atom is -0.351 e. The van der Waals surface area contributed by atoms with Crippen molar-refractivity contribution in [2.45, 2.75) is 38.9 Å². The van der Waals surface area contributed by atoms with Crippen LogP contribution in [0.3, 0.4) is 0 Å². The standard InChI is InChI=1S/C15H22ClNOS2/c1-15(2,5-3-6-16)10-17-14(18)13-8-11-9-19-7-4-12(11)20-13/h8H,3-7,9-10H2,1-2H3,(H,17,18). The fraction of sp³-hybridized carbons (Fsp3) is 0.667. The molecule has 0 radical (unpaired) electrons. The van der Waals surface area contributed by atoms with Gasteiger partial charge in [0, 0.05) is 23.1 Å². The molecule has 0 unspecified atom stereocenters. The van der Waals surface area contributed by atoms with E-state index in [1.165, 1.54) is 16.2 Å². The topological polar surface area (TPSA) is 29.1 Å². The number of nitrogens with one attached hydrogen (secondary N) is 1. The normalized spacial score (nSPS) is 14.9. The zero-order valence-electron chi connectivity index (χ0n) is 12.1. The Morgan fingerprint density at radius 2 is 2.30 bits per heavy atom. The first kappa shape index (κ1) is 16.2. The van der Waals surface area contributed by atoms with Crippen LogP contribution in [0, 0.1) is 5.41 Å². The van der Waals surface area contributed by atoms with Crippen LogP contribution in [-0.2, 0) is 12.2 Å². The molecule has 2 rings (SSSR count). The summed E-state index contributed by atoms with van der Waals surface area (Å²) in [5.74, 6) is 3.00. The zero-order valence-corrected chi connectivity index (χ0v) is 14.5. The summed E-state index contributed by atoms with van der Waals surface area (Å²) in [4.78, 5) is 14.5. The molecule has 0 aromatic carbocycles. The van der Waals surface area contributed by atoms with Gasteiger partial charge >= 0.3 is 0 Å². The van der Waals surface area contributed by atoms with E-state index in [-0.39, 0.29) is 11.3 Å². The lowest BCUT2D eigenvalue weighted by atomic mass is 9.88. The van der Waals surface area contributed by atoms with Gasteiger partial charge < -0.3 is 5.32 Å². The molecule has 5 heteroatoms. The molecule has 112 valence electrons. The van der Waals surface area contributed by atoms with Crippen LogP contribution in [0.2, 0.25) is 0 Å². The number of halogens is 1. The minimum atomic E-state index is 0.0772. The summed E-state index contributed by atoms with van der Waals surface area (Å²) in [6.07, 6.45) is 3.14. The first-order valence-electron chi connectivity index (χ1n) is 7.05. The highest BCUT2D eigenvalue weighted by Gasteiger charge is 2.21. The first-order valence-corrected chi connectivity index (χ1v) is 9.56. The van der Waals surface area contributed by atoms with Crippen molar-refractivity contribution >= 4 is 40.6 Å². The molecule has 0 aliphatic carbocycles. The Kier molecular flexibility index (Phi) is 5.82. The molecule has 2 heterocycles. The van der Waals surface area contributed by atoms with Crippen molar-refractivity contribution in [2.24, 2.45) is 5.41 Å². The highest BCUT2D eigenvalue weighted by atomic mass is 35.5. The van der Waals surface area contributed by atoms with E-state index >= 15 is 0 Å². The van der Waals surface area contributed by atoms with Crippen LogP contribution < -0.4 is 5.32 Å². The maximum Gasteiger partial charge on any atom is 0.261 e. The predicted octanol–water partition coefficient (Wildman–Crippen LogP) is 4.31. The number of hydrogen-bond donors (Lipinski definition) is 1. The molecule has 1 aromatic heterocycles. The van der Waals surface area contributed by atoms with Crippen LogP contribution in [0.15, 0.2) is 6.07 Å². The minimum absolute atomic E-state index is 0.0772. The third-order valence-electron chi connectivity index (χ3n) is 3.57. The summed E-state index contributed by atoms with van der Waals surface area (Å²) >= 11 is 9.35. The summed E-state index contributed by atoms with van der Waals surface area (Å²) in [6, 6.07) is 2.08. The maximum absolute atomic E-state index is 12.2. The molecule has 20 heavy (non-hydrogen) atoms. The lowest BCUT2D eigenvalue weighted by Gasteiger charge is -2.24. The van der Waals surface area contributed by atoms with E-state index in [9.17, 15) is 4.79 Å². The number of thiophene rings is 1. The highest BCUT2D eigenvalue weighted by molar-refractivity contribution is 7.98. The summed E-state index contributed by atoms with van der Waals surface area (Å²) in [7, 11) is 0. The van der Waals surface area contributed by atoms with Gasteiger partial charge in [-0.2, -0.15) is 11.8 Å². The second-order valence-corrected chi connectivity index (χ2v) is 8.62. The van der Waals surface area contributed by atoms with Crippen LogP contribution in [0.25, 0.3) is 0 Å². The first-order chi connectivity index (χ1) is 9.52. The van der Waals surface area contributed by atoms with Gasteiger partial charge in [-0.25, -0.2) is 0 Å². The molecule has 1 aromatic rings. The summed E-state index contributed by atoms with van der Waals surface area (Å²) < 4.78 is 0. The number of fused-ring (bicyclic) bond motifs is 1. The van der Waals surface area contributed by atoms with Crippen LogP contribution >= 0.6 is 34.7 Å². The van der Waals surface area contributed by atoms with Crippen LogP contribution in [0.5, 0.6) is 0 Å². The molecular formula is C15H22ClNOS2. The Hall–Kier alpha value is -0.190. The van der Waals surface area contributed by atoms with E-state index in [0.29, 0.717) is 12.4 Å². The molecule has 0 saturated carbocycles. The van der Waals surface area contributed by atoms with Crippen LogP contribution in [0.1, 0.15) is 46.8 Å². The van der Waals surface area contributed by atoms with E-state index < -0.39 is 0 Å². The van der Waals surface area contributed by atoms with Crippen molar-refractivity contribution < 1.29 is 4.79 Å². The molecule has 1 N–H and O–H groups in total. The van der Waals surface area contributed by atoms with Gasteiger partial charge in [-0.3, -0.25) is 4.79 Å². The van der Waals surface area contributed by atoms with Gasteiger partial charge in [0.25, 0.3) is 5.91 Å². The average molecular weight is 332 g/mol. The predicted molar refractivity (Wildman–Crippen MR) is 90.3 cm³/mol. The van der Waals surface area contributed by atoms with Gasteiger partial charge in [-0.05, 0) is 42.1 Å². The second-order valence-electron chi connectivity index (χ2n) is 6.00. The smallest absolute Gasteiger partial charge is 0.261 e. The SMILES string of the molecule is CC(C)(CCCCl)CNC(=O)c1cc2c(s1)CCSC2. The van der Waals surface area contributed by atoms with Crippen molar-refractivity contribution in [1.82, 2.24) is 5.32 Å². The molecule has 2 nitrogen and oxygen atoms in total. The summed E-state index contributed by atoms with van der Waals surface area (Å²) in [6.45, 7) is 5.06. The number of thioether (sulfide) groups is 1. The van der Waals surface area contributed by atoms with Gasteiger partial charge in [0.05, 0.1) is 4.88 Å². The fourth-order valence-electron chi connectivity index (χ4n) is 2.30. The average Bonchev–Trinajstić information content (AvgIpc) is 2.86. The van der Waals surface area contributed by atoms with E-state index in [1.807, 2.05) is 11.8 Å². The molecule has 0 fully saturated rings. The zero-order chi connectivity index (χ0) is 14.6. The molecule has 1 aliphatic heterocycles. The van der Waals surface area contributed by atoms with E-state index in [0.717, 1.165) is 29.9 Å². The van der Waals surface area contributed by atoms with Crippen molar-refractivity contribution in [3.8, 4) is 0 Å². The third-order valence-corrected chi connectivity index (χ3v) is 6.08. The molecule has 0 atom stereocenters. The summed E-state index contributed by atoms with van der Waals surface area (Å²) in [5.41, 5.74) is 1.47.